The van der Waals surface area contributed by atoms with E-state index in [-0.39, 0.29) is 11.7 Å². The molecule has 2 N–H and O–H groups in total. The van der Waals surface area contributed by atoms with Gasteiger partial charge in [-0.25, -0.2) is 13.1 Å². The lowest BCUT2D eigenvalue weighted by molar-refractivity contribution is 0.174. The van der Waals surface area contributed by atoms with Gasteiger partial charge >= 0.3 is 0 Å². The lowest BCUT2D eigenvalue weighted by Gasteiger charge is -2.06. The molecule has 0 bridgehead atoms. The van der Waals surface area contributed by atoms with Gasteiger partial charge in [-0.05, 0) is 19.2 Å². The second kappa shape index (κ2) is 4.91. The average molecular weight is 258 g/mol. The Hall–Kier alpha value is -1.31. The molecular weight excluding hydrogens is 244 g/mol. The number of likely N-dealkylation sites (N-methyl/N-ethyl adjacent to an activating group) is 1. The van der Waals surface area contributed by atoms with E-state index in [1.54, 1.807) is 13.1 Å². The van der Waals surface area contributed by atoms with Crippen LogP contribution in [-0.2, 0) is 10.0 Å². The summed E-state index contributed by atoms with van der Waals surface area (Å²) in [6.45, 7) is 1.04. The van der Waals surface area contributed by atoms with Crippen molar-refractivity contribution in [3.63, 3.8) is 0 Å². The van der Waals surface area contributed by atoms with E-state index in [4.69, 9.17) is 9.47 Å². The van der Waals surface area contributed by atoms with Crippen molar-refractivity contribution in [1.29, 1.82) is 0 Å². The fraction of sp³-hybridized carbons (Fsp3) is 0.400. The van der Waals surface area contributed by atoms with Crippen LogP contribution in [0, 0.1) is 0 Å². The minimum Gasteiger partial charge on any atom is -0.454 e. The van der Waals surface area contributed by atoms with Gasteiger partial charge in [-0.15, -0.1) is 0 Å². The molecule has 0 saturated carbocycles. The van der Waals surface area contributed by atoms with Gasteiger partial charge < -0.3 is 14.8 Å². The molecule has 1 aliphatic heterocycles. The molecular formula is C10H14N2O4S. The van der Waals surface area contributed by atoms with Crippen molar-refractivity contribution in [2.45, 2.75) is 4.90 Å². The molecule has 0 fully saturated rings. The van der Waals surface area contributed by atoms with Crippen LogP contribution in [0.15, 0.2) is 23.1 Å². The Bertz CT molecular complexity index is 501. The zero-order chi connectivity index (χ0) is 12.3. The number of sulfonamides is 1. The Balaban J connectivity index is 2.16. The van der Waals surface area contributed by atoms with E-state index in [1.165, 1.54) is 12.1 Å². The summed E-state index contributed by atoms with van der Waals surface area (Å²) >= 11 is 0. The summed E-state index contributed by atoms with van der Waals surface area (Å²) in [5.41, 5.74) is 0. The summed E-state index contributed by atoms with van der Waals surface area (Å²) in [4.78, 5) is 0.179. The van der Waals surface area contributed by atoms with E-state index in [0.29, 0.717) is 24.6 Å². The molecule has 6 nitrogen and oxygen atoms in total. The van der Waals surface area contributed by atoms with Gasteiger partial charge in [0.15, 0.2) is 11.5 Å². The van der Waals surface area contributed by atoms with Crippen molar-refractivity contribution in [1.82, 2.24) is 10.0 Å². The van der Waals surface area contributed by atoms with Crippen molar-refractivity contribution < 1.29 is 17.9 Å². The second-order valence-electron chi connectivity index (χ2n) is 3.52. The Kier molecular flexibility index (Phi) is 3.51. The minimum atomic E-state index is -3.48. The molecule has 0 radical (unpaired) electrons. The van der Waals surface area contributed by atoms with Crippen LogP contribution in [0.4, 0.5) is 0 Å². The first-order valence-electron chi connectivity index (χ1n) is 5.17. The average Bonchev–Trinajstić information content (AvgIpc) is 2.76. The van der Waals surface area contributed by atoms with Crippen molar-refractivity contribution >= 4 is 10.0 Å². The quantitative estimate of drug-likeness (QED) is 0.722. The van der Waals surface area contributed by atoms with Crippen LogP contribution < -0.4 is 19.5 Å². The maximum atomic E-state index is 11.9. The fourth-order valence-corrected chi connectivity index (χ4v) is 2.48. The summed E-state index contributed by atoms with van der Waals surface area (Å²) in [5.74, 6) is 1.03. The van der Waals surface area contributed by atoms with E-state index in [0.717, 1.165) is 0 Å². The van der Waals surface area contributed by atoms with Crippen molar-refractivity contribution in [2.24, 2.45) is 0 Å². The second-order valence-corrected chi connectivity index (χ2v) is 5.28. The normalized spacial score (nSPS) is 13.9. The lowest BCUT2D eigenvalue weighted by atomic mass is 10.3. The summed E-state index contributed by atoms with van der Waals surface area (Å²) in [7, 11) is -1.72. The molecule has 0 aliphatic carbocycles. The molecule has 0 unspecified atom stereocenters. The number of rotatable bonds is 5. The summed E-state index contributed by atoms with van der Waals surface area (Å²) < 4.78 is 36.5. The monoisotopic (exact) mass is 258 g/mol. The van der Waals surface area contributed by atoms with Crippen LogP contribution in [0.5, 0.6) is 11.5 Å². The van der Waals surface area contributed by atoms with E-state index in [2.05, 4.69) is 10.0 Å². The summed E-state index contributed by atoms with van der Waals surface area (Å²) in [6.07, 6.45) is 0. The Morgan fingerprint density at radius 1 is 1.24 bits per heavy atom. The first-order valence-corrected chi connectivity index (χ1v) is 6.66. The van der Waals surface area contributed by atoms with Crippen LogP contribution in [0.3, 0.4) is 0 Å². The molecule has 0 amide bonds. The molecule has 1 aromatic rings. The van der Waals surface area contributed by atoms with Crippen LogP contribution in [0.1, 0.15) is 0 Å². The van der Waals surface area contributed by atoms with Gasteiger partial charge in [0.05, 0.1) is 4.90 Å². The Morgan fingerprint density at radius 2 is 2.00 bits per heavy atom. The number of hydrogen-bond donors (Lipinski definition) is 2. The molecule has 0 atom stereocenters. The summed E-state index contributed by atoms with van der Waals surface area (Å²) in [5, 5.41) is 2.86. The number of hydrogen-bond acceptors (Lipinski definition) is 5. The molecule has 1 aromatic carbocycles. The predicted octanol–water partition coefficient (Wildman–Crippen LogP) is -0.0870. The molecule has 17 heavy (non-hydrogen) atoms. The van der Waals surface area contributed by atoms with Gasteiger partial charge in [-0.1, -0.05) is 0 Å². The van der Waals surface area contributed by atoms with E-state index in [1.807, 2.05) is 0 Å². The Morgan fingerprint density at radius 3 is 2.76 bits per heavy atom. The molecule has 0 spiro atoms. The molecule has 94 valence electrons. The summed E-state index contributed by atoms with van der Waals surface area (Å²) in [6, 6.07) is 4.55. The van der Waals surface area contributed by atoms with Gasteiger partial charge in [0.2, 0.25) is 16.8 Å². The van der Waals surface area contributed by atoms with Crippen molar-refractivity contribution in [2.75, 3.05) is 26.9 Å². The minimum absolute atomic E-state index is 0.131. The highest BCUT2D eigenvalue weighted by Crippen LogP contribution is 2.33. The van der Waals surface area contributed by atoms with Gasteiger partial charge in [-0.3, -0.25) is 0 Å². The maximum absolute atomic E-state index is 11.9. The lowest BCUT2D eigenvalue weighted by Crippen LogP contribution is -2.30. The number of ether oxygens (including phenoxy) is 2. The van der Waals surface area contributed by atoms with Gasteiger partial charge in [-0.2, -0.15) is 0 Å². The SMILES string of the molecule is CNCCNS(=O)(=O)c1ccc2c(c1)OCO2. The fourth-order valence-electron chi connectivity index (χ4n) is 1.44. The smallest absolute Gasteiger partial charge is 0.240 e. The van der Waals surface area contributed by atoms with Gasteiger partial charge in [0.25, 0.3) is 0 Å². The third-order valence-electron chi connectivity index (χ3n) is 2.32. The van der Waals surface area contributed by atoms with Crippen LogP contribution in [-0.4, -0.2) is 35.3 Å². The van der Waals surface area contributed by atoms with E-state index in [9.17, 15) is 8.42 Å². The van der Waals surface area contributed by atoms with Crippen LogP contribution in [0.25, 0.3) is 0 Å². The van der Waals surface area contributed by atoms with Crippen molar-refractivity contribution in [3.8, 4) is 11.5 Å². The zero-order valence-electron chi connectivity index (χ0n) is 9.39. The van der Waals surface area contributed by atoms with Crippen molar-refractivity contribution in [3.05, 3.63) is 18.2 Å². The van der Waals surface area contributed by atoms with E-state index >= 15 is 0 Å². The van der Waals surface area contributed by atoms with Crippen LogP contribution >= 0.6 is 0 Å². The van der Waals surface area contributed by atoms with Gasteiger partial charge in [0.1, 0.15) is 0 Å². The molecule has 2 rings (SSSR count). The van der Waals surface area contributed by atoms with Crippen LogP contribution in [0.2, 0.25) is 0 Å². The standard InChI is InChI=1S/C10H14N2O4S/c1-11-4-5-12-17(13,14)8-2-3-9-10(6-8)16-7-15-9/h2-3,6,11-12H,4-5,7H2,1H3. The molecule has 1 aliphatic rings. The highest BCUT2D eigenvalue weighted by Gasteiger charge is 2.19. The number of benzene rings is 1. The third-order valence-corrected chi connectivity index (χ3v) is 3.78. The van der Waals surface area contributed by atoms with Gasteiger partial charge in [0, 0.05) is 19.2 Å². The molecule has 7 heteroatoms. The Labute approximate surface area is 100.0 Å². The first-order chi connectivity index (χ1) is 8.13. The van der Waals surface area contributed by atoms with E-state index < -0.39 is 10.0 Å². The topological polar surface area (TPSA) is 76.7 Å². The highest BCUT2D eigenvalue weighted by molar-refractivity contribution is 7.89. The molecule has 0 aromatic heterocycles. The highest BCUT2D eigenvalue weighted by atomic mass is 32.2. The number of fused-ring (bicyclic) bond motifs is 1. The predicted molar refractivity (Wildman–Crippen MR) is 61.7 cm³/mol. The molecule has 1 heterocycles. The zero-order valence-corrected chi connectivity index (χ0v) is 10.2. The molecule has 0 saturated heterocycles. The number of nitrogens with one attached hydrogen (secondary N) is 2. The largest absolute Gasteiger partial charge is 0.454 e. The third kappa shape index (κ3) is 2.68. The maximum Gasteiger partial charge on any atom is 0.240 e. The first kappa shape index (κ1) is 12.2.